The lowest BCUT2D eigenvalue weighted by Gasteiger charge is -2.20. The summed E-state index contributed by atoms with van der Waals surface area (Å²) in [6.45, 7) is 1.41. The number of benzene rings is 2. The summed E-state index contributed by atoms with van der Waals surface area (Å²) in [5.41, 5.74) is 0.768. The number of methoxy groups -OCH3 is 1. The average molecular weight is 420 g/mol. The molecule has 152 valence electrons. The number of hydrogen-bond donors (Lipinski definition) is 2. The van der Waals surface area contributed by atoms with Crippen molar-refractivity contribution in [3.63, 3.8) is 0 Å². The quantitative estimate of drug-likeness (QED) is 0.777. The zero-order chi connectivity index (χ0) is 21.1. The zero-order valence-electron chi connectivity index (χ0n) is 15.8. The van der Waals surface area contributed by atoms with E-state index in [4.69, 9.17) is 16.3 Å². The van der Waals surface area contributed by atoms with Gasteiger partial charge in [0.25, 0.3) is 0 Å². The fourth-order valence-corrected chi connectivity index (χ4v) is 3.29. The summed E-state index contributed by atoms with van der Waals surface area (Å²) in [4.78, 5) is 37.8. The molecule has 0 aliphatic carbocycles. The number of nitrogens with zero attached hydrogens (tertiary/aromatic N) is 1. The van der Waals surface area contributed by atoms with Gasteiger partial charge in [-0.25, -0.2) is 4.39 Å². The van der Waals surface area contributed by atoms with Crippen LogP contribution in [-0.4, -0.2) is 31.4 Å². The Morgan fingerprint density at radius 3 is 2.66 bits per heavy atom. The highest BCUT2D eigenvalue weighted by molar-refractivity contribution is 6.31. The smallest absolute Gasteiger partial charge is 0.229 e. The third kappa shape index (κ3) is 4.65. The maximum atomic E-state index is 13.8. The lowest BCUT2D eigenvalue weighted by molar-refractivity contribution is -0.122. The van der Waals surface area contributed by atoms with Crippen molar-refractivity contribution in [2.24, 2.45) is 5.92 Å². The molecule has 0 aromatic heterocycles. The third-order valence-electron chi connectivity index (χ3n) is 4.47. The van der Waals surface area contributed by atoms with Crippen LogP contribution < -0.4 is 20.3 Å². The highest BCUT2D eigenvalue weighted by Gasteiger charge is 2.36. The van der Waals surface area contributed by atoms with Crippen LogP contribution >= 0.6 is 11.6 Å². The van der Waals surface area contributed by atoms with E-state index in [1.165, 1.54) is 31.1 Å². The Bertz CT molecular complexity index is 982. The van der Waals surface area contributed by atoms with Crippen molar-refractivity contribution in [3.8, 4) is 5.75 Å². The van der Waals surface area contributed by atoms with Crippen molar-refractivity contribution < 1.29 is 23.5 Å². The van der Waals surface area contributed by atoms with Gasteiger partial charge < -0.3 is 20.3 Å². The van der Waals surface area contributed by atoms with E-state index in [0.717, 1.165) is 6.07 Å². The lowest BCUT2D eigenvalue weighted by atomic mass is 10.1. The third-order valence-corrected chi connectivity index (χ3v) is 4.71. The molecule has 2 aromatic carbocycles. The van der Waals surface area contributed by atoms with Gasteiger partial charge >= 0.3 is 0 Å². The van der Waals surface area contributed by atoms with Crippen molar-refractivity contribution >= 4 is 46.4 Å². The normalized spacial score (nSPS) is 15.9. The molecule has 0 bridgehead atoms. The molecule has 1 fully saturated rings. The van der Waals surface area contributed by atoms with E-state index >= 15 is 0 Å². The second-order valence-corrected chi connectivity index (χ2v) is 7.02. The molecule has 1 aliphatic heterocycles. The van der Waals surface area contributed by atoms with E-state index in [9.17, 15) is 18.8 Å². The number of anilines is 3. The molecule has 2 N–H and O–H groups in total. The van der Waals surface area contributed by atoms with E-state index in [1.807, 2.05) is 0 Å². The molecule has 3 amide bonds. The highest BCUT2D eigenvalue weighted by atomic mass is 35.5. The first kappa shape index (κ1) is 20.6. The fraction of sp³-hybridized carbons (Fsp3) is 0.250. The van der Waals surface area contributed by atoms with Crippen molar-refractivity contribution in [1.29, 1.82) is 0 Å². The molecule has 7 nitrogen and oxygen atoms in total. The second-order valence-electron chi connectivity index (χ2n) is 6.59. The molecule has 9 heteroatoms. The first-order valence-corrected chi connectivity index (χ1v) is 9.18. The van der Waals surface area contributed by atoms with Crippen LogP contribution in [0.5, 0.6) is 5.75 Å². The van der Waals surface area contributed by atoms with Gasteiger partial charge in [-0.2, -0.15) is 0 Å². The monoisotopic (exact) mass is 419 g/mol. The van der Waals surface area contributed by atoms with Crippen LogP contribution in [0.25, 0.3) is 0 Å². The topological polar surface area (TPSA) is 87.7 Å². The van der Waals surface area contributed by atoms with E-state index in [2.05, 4.69) is 10.6 Å². The minimum absolute atomic E-state index is 0.0151. The van der Waals surface area contributed by atoms with Gasteiger partial charge in [0, 0.05) is 30.6 Å². The Morgan fingerprint density at radius 1 is 1.21 bits per heavy atom. The summed E-state index contributed by atoms with van der Waals surface area (Å²) in [7, 11) is 1.48. The Hall–Kier alpha value is -3.13. The van der Waals surface area contributed by atoms with E-state index in [1.54, 1.807) is 18.2 Å². The summed E-state index contributed by atoms with van der Waals surface area (Å²) in [6, 6.07) is 8.76. The van der Waals surface area contributed by atoms with Crippen LogP contribution in [0.15, 0.2) is 36.4 Å². The van der Waals surface area contributed by atoms with Crippen LogP contribution in [0.1, 0.15) is 13.3 Å². The molecule has 1 unspecified atom stereocenters. The van der Waals surface area contributed by atoms with E-state index < -0.39 is 17.6 Å². The number of rotatable bonds is 5. The summed E-state index contributed by atoms with van der Waals surface area (Å²) in [6.07, 6.45) is 0.0151. The molecule has 3 rings (SSSR count). The highest BCUT2D eigenvalue weighted by Crippen LogP contribution is 2.35. The molecule has 1 heterocycles. The Labute approximate surface area is 171 Å². The number of nitrogens with one attached hydrogen (secondary N) is 2. The maximum absolute atomic E-state index is 13.8. The van der Waals surface area contributed by atoms with Gasteiger partial charge in [0.2, 0.25) is 17.7 Å². The molecule has 1 saturated heterocycles. The standard InChI is InChI=1S/C20H19ClFN3O4/c1-11(26)23-16-9-14(4-5-15(16)22)24-20(28)12-7-19(27)25(10-12)17-8-13(21)3-6-18(17)29-2/h3-6,8-9,12H,7,10H2,1-2H3,(H,23,26)(H,24,28). The molecule has 0 radical (unpaired) electrons. The van der Waals surface area contributed by atoms with Crippen LogP contribution in [-0.2, 0) is 14.4 Å². The number of ether oxygens (including phenoxy) is 1. The maximum Gasteiger partial charge on any atom is 0.229 e. The first-order chi connectivity index (χ1) is 13.8. The van der Waals surface area contributed by atoms with Gasteiger partial charge in [0.1, 0.15) is 11.6 Å². The predicted molar refractivity (Wildman–Crippen MR) is 108 cm³/mol. The predicted octanol–water partition coefficient (Wildman–Crippen LogP) is 3.44. The summed E-state index contributed by atoms with van der Waals surface area (Å²) in [5, 5.41) is 5.46. The van der Waals surface area contributed by atoms with Crippen LogP contribution in [0.3, 0.4) is 0 Å². The molecule has 2 aromatic rings. The molecule has 1 atom stereocenters. The lowest BCUT2D eigenvalue weighted by Crippen LogP contribution is -2.28. The minimum atomic E-state index is -0.617. The van der Waals surface area contributed by atoms with Gasteiger partial charge in [-0.3, -0.25) is 14.4 Å². The van der Waals surface area contributed by atoms with Crippen molar-refractivity contribution in [3.05, 3.63) is 47.2 Å². The molecule has 0 saturated carbocycles. The largest absolute Gasteiger partial charge is 0.495 e. The molecular formula is C20H19ClFN3O4. The van der Waals surface area contributed by atoms with Crippen molar-refractivity contribution in [2.75, 3.05) is 29.2 Å². The Morgan fingerprint density at radius 2 is 1.97 bits per heavy atom. The Balaban J connectivity index is 1.74. The number of carbonyl (C=O) groups is 3. The van der Waals surface area contributed by atoms with Gasteiger partial charge in [-0.1, -0.05) is 11.6 Å². The van der Waals surface area contributed by atoms with E-state index in [-0.39, 0.29) is 30.5 Å². The fourth-order valence-electron chi connectivity index (χ4n) is 3.12. The minimum Gasteiger partial charge on any atom is -0.495 e. The molecule has 1 aliphatic rings. The second kappa shape index (κ2) is 8.48. The van der Waals surface area contributed by atoms with Gasteiger partial charge in [0.15, 0.2) is 0 Å². The van der Waals surface area contributed by atoms with Crippen molar-refractivity contribution in [1.82, 2.24) is 0 Å². The summed E-state index contributed by atoms with van der Waals surface area (Å²) < 4.78 is 19.0. The molecular weight excluding hydrogens is 401 g/mol. The summed E-state index contributed by atoms with van der Waals surface area (Å²) >= 11 is 6.04. The van der Waals surface area contributed by atoms with Crippen LogP contribution in [0, 0.1) is 11.7 Å². The average Bonchev–Trinajstić information content (AvgIpc) is 3.05. The Kier molecular flexibility index (Phi) is 6.03. The van der Waals surface area contributed by atoms with Crippen molar-refractivity contribution in [2.45, 2.75) is 13.3 Å². The number of halogens is 2. The van der Waals surface area contributed by atoms with Crippen LogP contribution in [0.2, 0.25) is 5.02 Å². The van der Waals surface area contributed by atoms with Gasteiger partial charge in [0.05, 0.1) is 24.4 Å². The molecule has 29 heavy (non-hydrogen) atoms. The number of amides is 3. The van der Waals surface area contributed by atoms with Crippen LogP contribution in [0.4, 0.5) is 21.5 Å². The first-order valence-electron chi connectivity index (χ1n) is 8.80. The van der Waals surface area contributed by atoms with E-state index in [0.29, 0.717) is 22.1 Å². The number of carbonyl (C=O) groups excluding carboxylic acids is 3. The zero-order valence-corrected chi connectivity index (χ0v) is 16.5. The van der Waals surface area contributed by atoms with Gasteiger partial charge in [-0.15, -0.1) is 0 Å². The molecule has 0 spiro atoms. The summed E-state index contributed by atoms with van der Waals surface area (Å²) in [5.74, 6) is -1.80. The SMILES string of the molecule is COc1ccc(Cl)cc1N1CC(C(=O)Nc2ccc(F)c(NC(C)=O)c2)CC1=O. The number of hydrogen-bond acceptors (Lipinski definition) is 4. The van der Waals surface area contributed by atoms with Gasteiger partial charge in [-0.05, 0) is 36.4 Å².